The molecule has 0 bridgehead atoms. The van der Waals surface area contributed by atoms with Gasteiger partial charge in [-0.1, -0.05) is 29.8 Å². The Kier molecular flexibility index (Phi) is 6.19. The van der Waals surface area contributed by atoms with Crippen LogP contribution in [0.4, 0.5) is 0 Å². The highest BCUT2D eigenvalue weighted by atomic mass is 35.5. The number of likely N-dealkylation sites (tertiary alicyclic amines) is 2. The molecule has 0 N–H and O–H groups in total. The van der Waals surface area contributed by atoms with Crippen LogP contribution in [0.5, 0.6) is 5.88 Å². The van der Waals surface area contributed by atoms with Gasteiger partial charge < -0.3 is 14.5 Å². The van der Waals surface area contributed by atoms with Crippen LogP contribution in [-0.2, 0) is 0 Å². The highest BCUT2D eigenvalue weighted by Gasteiger charge is 2.43. The number of halogens is 1. The van der Waals surface area contributed by atoms with Crippen LogP contribution in [0.3, 0.4) is 0 Å². The van der Waals surface area contributed by atoms with E-state index in [4.69, 9.17) is 16.3 Å². The standard InChI is InChI=1S/C25H27ClN6O3/c1-17-22(29-32(28-17)19-6-4-3-5-7-19)24(34)31-13-10-25(16-31)8-11-30(12-9-25)23(33)18-14-20(26)27-21(15-18)35-2/h3-7,14-15H,8-13,16H2,1-2H3. The number of hydrogen-bond donors (Lipinski definition) is 0. The van der Waals surface area contributed by atoms with E-state index in [2.05, 4.69) is 15.2 Å². The minimum Gasteiger partial charge on any atom is -0.481 e. The molecule has 2 saturated heterocycles. The summed E-state index contributed by atoms with van der Waals surface area (Å²) < 4.78 is 5.14. The first kappa shape index (κ1) is 23.3. The summed E-state index contributed by atoms with van der Waals surface area (Å²) in [6.45, 7) is 4.43. The molecule has 182 valence electrons. The Hall–Kier alpha value is -3.46. The SMILES string of the molecule is COc1cc(C(=O)N2CCC3(CC2)CCN(C(=O)c2nn(-c4ccccc4)nc2C)C3)cc(Cl)n1. The maximum Gasteiger partial charge on any atom is 0.276 e. The van der Waals surface area contributed by atoms with Gasteiger partial charge >= 0.3 is 0 Å². The highest BCUT2D eigenvalue weighted by molar-refractivity contribution is 6.29. The summed E-state index contributed by atoms with van der Waals surface area (Å²) in [5.41, 5.74) is 2.31. The van der Waals surface area contributed by atoms with Gasteiger partial charge in [-0.05, 0) is 49.8 Å². The lowest BCUT2D eigenvalue weighted by Crippen LogP contribution is -2.44. The van der Waals surface area contributed by atoms with E-state index in [-0.39, 0.29) is 22.4 Å². The number of carbonyl (C=O) groups excluding carboxylic acids is 2. The summed E-state index contributed by atoms with van der Waals surface area (Å²) in [6.07, 6.45) is 2.60. The zero-order valence-electron chi connectivity index (χ0n) is 19.8. The molecule has 1 spiro atoms. The smallest absolute Gasteiger partial charge is 0.276 e. The first-order valence-electron chi connectivity index (χ1n) is 11.7. The number of ether oxygens (including phenoxy) is 1. The van der Waals surface area contributed by atoms with Crippen LogP contribution in [0.1, 0.15) is 45.8 Å². The van der Waals surface area contributed by atoms with Crippen LogP contribution in [0.2, 0.25) is 5.15 Å². The third-order valence-electron chi connectivity index (χ3n) is 7.04. The molecule has 9 nitrogen and oxygen atoms in total. The number of methoxy groups -OCH3 is 1. The topological polar surface area (TPSA) is 93.5 Å². The van der Waals surface area contributed by atoms with Crippen molar-refractivity contribution in [2.24, 2.45) is 5.41 Å². The molecule has 3 aromatic rings. The Morgan fingerprint density at radius 3 is 2.34 bits per heavy atom. The van der Waals surface area contributed by atoms with E-state index in [0.29, 0.717) is 49.0 Å². The quantitative estimate of drug-likeness (QED) is 0.516. The van der Waals surface area contributed by atoms with Crippen LogP contribution >= 0.6 is 11.6 Å². The van der Waals surface area contributed by atoms with Crippen molar-refractivity contribution in [3.8, 4) is 11.6 Å². The number of aryl methyl sites for hydroxylation is 1. The molecular weight excluding hydrogens is 468 g/mol. The van der Waals surface area contributed by atoms with E-state index in [0.717, 1.165) is 24.9 Å². The Balaban J connectivity index is 1.23. The van der Waals surface area contributed by atoms with Crippen molar-refractivity contribution in [3.05, 3.63) is 64.6 Å². The van der Waals surface area contributed by atoms with Crippen molar-refractivity contribution in [1.29, 1.82) is 0 Å². The van der Waals surface area contributed by atoms with E-state index in [9.17, 15) is 9.59 Å². The summed E-state index contributed by atoms with van der Waals surface area (Å²) in [5, 5.41) is 9.16. The van der Waals surface area contributed by atoms with Crippen LogP contribution in [-0.4, -0.2) is 74.9 Å². The molecule has 5 rings (SSSR count). The van der Waals surface area contributed by atoms with Crippen LogP contribution in [0.25, 0.3) is 5.69 Å². The van der Waals surface area contributed by atoms with Gasteiger partial charge in [-0.15, -0.1) is 5.10 Å². The van der Waals surface area contributed by atoms with E-state index in [1.807, 2.05) is 47.1 Å². The van der Waals surface area contributed by atoms with Crippen LogP contribution in [0.15, 0.2) is 42.5 Å². The average molecular weight is 495 g/mol. The number of amides is 2. The lowest BCUT2D eigenvalue weighted by molar-refractivity contribution is 0.0564. The fourth-order valence-corrected chi connectivity index (χ4v) is 5.19. The van der Waals surface area contributed by atoms with Gasteiger partial charge in [0.25, 0.3) is 11.8 Å². The molecule has 0 radical (unpaired) electrons. The lowest BCUT2D eigenvalue weighted by Gasteiger charge is -2.39. The van der Waals surface area contributed by atoms with Crippen molar-refractivity contribution in [3.63, 3.8) is 0 Å². The van der Waals surface area contributed by atoms with Gasteiger partial charge in [0, 0.05) is 37.8 Å². The van der Waals surface area contributed by atoms with Gasteiger partial charge in [-0.25, -0.2) is 4.98 Å². The monoisotopic (exact) mass is 494 g/mol. The number of aromatic nitrogens is 4. The molecule has 2 aliphatic heterocycles. The van der Waals surface area contributed by atoms with Crippen LogP contribution in [0, 0.1) is 12.3 Å². The van der Waals surface area contributed by atoms with Crippen LogP contribution < -0.4 is 4.74 Å². The maximum absolute atomic E-state index is 13.3. The normalized spacial score (nSPS) is 17.1. The van der Waals surface area contributed by atoms with Gasteiger partial charge in [-0.3, -0.25) is 9.59 Å². The maximum atomic E-state index is 13.3. The Bertz CT molecular complexity index is 1250. The summed E-state index contributed by atoms with van der Waals surface area (Å²) in [6, 6.07) is 12.7. The van der Waals surface area contributed by atoms with Crippen molar-refractivity contribution < 1.29 is 14.3 Å². The molecular formula is C25H27ClN6O3. The van der Waals surface area contributed by atoms with Gasteiger partial charge in [0.15, 0.2) is 5.69 Å². The molecule has 0 unspecified atom stereocenters. The van der Waals surface area contributed by atoms with Crippen molar-refractivity contribution in [2.45, 2.75) is 26.2 Å². The molecule has 2 fully saturated rings. The molecule has 2 aromatic heterocycles. The Morgan fingerprint density at radius 2 is 1.66 bits per heavy atom. The van der Waals surface area contributed by atoms with Gasteiger partial charge in [0.05, 0.1) is 18.5 Å². The minimum absolute atomic E-state index is 0.0172. The van der Waals surface area contributed by atoms with Gasteiger partial charge in [0.1, 0.15) is 5.15 Å². The molecule has 1 aromatic carbocycles. The highest BCUT2D eigenvalue weighted by Crippen LogP contribution is 2.41. The van der Waals surface area contributed by atoms with Gasteiger partial charge in [0.2, 0.25) is 5.88 Å². The number of para-hydroxylation sites is 1. The number of hydrogen-bond acceptors (Lipinski definition) is 6. The van der Waals surface area contributed by atoms with Crippen molar-refractivity contribution in [1.82, 2.24) is 29.8 Å². The zero-order chi connectivity index (χ0) is 24.6. The molecule has 4 heterocycles. The molecule has 10 heteroatoms. The first-order chi connectivity index (χ1) is 16.9. The molecule has 2 amide bonds. The number of pyridine rings is 1. The average Bonchev–Trinajstić information content (AvgIpc) is 3.47. The Labute approximate surface area is 208 Å². The zero-order valence-corrected chi connectivity index (χ0v) is 20.5. The number of rotatable bonds is 4. The van der Waals surface area contributed by atoms with E-state index >= 15 is 0 Å². The van der Waals surface area contributed by atoms with Crippen molar-refractivity contribution in [2.75, 3.05) is 33.3 Å². The fraction of sp³-hybridized carbons (Fsp3) is 0.400. The summed E-state index contributed by atoms with van der Waals surface area (Å²) >= 11 is 6.04. The molecule has 0 saturated carbocycles. The Morgan fingerprint density at radius 1 is 0.971 bits per heavy atom. The largest absolute Gasteiger partial charge is 0.481 e. The third-order valence-corrected chi connectivity index (χ3v) is 7.23. The number of piperidine rings is 1. The molecule has 0 aliphatic carbocycles. The van der Waals surface area contributed by atoms with Crippen molar-refractivity contribution >= 4 is 23.4 Å². The fourth-order valence-electron chi connectivity index (χ4n) is 4.99. The number of nitrogens with zero attached hydrogens (tertiary/aromatic N) is 6. The second kappa shape index (κ2) is 9.30. The summed E-state index contributed by atoms with van der Waals surface area (Å²) in [4.78, 5) is 35.6. The summed E-state index contributed by atoms with van der Waals surface area (Å²) in [5.74, 6) is 0.152. The molecule has 2 aliphatic rings. The third kappa shape index (κ3) is 4.60. The van der Waals surface area contributed by atoms with Gasteiger partial charge in [-0.2, -0.15) is 9.90 Å². The number of benzene rings is 1. The summed E-state index contributed by atoms with van der Waals surface area (Å²) in [7, 11) is 1.49. The second-order valence-electron chi connectivity index (χ2n) is 9.25. The second-order valence-corrected chi connectivity index (χ2v) is 9.64. The minimum atomic E-state index is -0.0846. The molecule has 0 atom stereocenters. The number of carbonyl (C=O) groups is 2. The van der Waals surface area contributed by atoms with E-state index in [1.165, 1.54) is 11.9 Å². The predicted molar refractivity (Wildman–Crippen MR) is 130 cm³/mol. The molecule has 35 heavy (non-hydrogen) atoms. The van der Waals surface area contributed by atoms with E-state index in [1.54, 1.807) is 12.1 Å². The lowest BCUT2D eigenvalue weighted by atomic mass is 9.77. The van der Waals surface area contributed by atoms with E-state index < -0.39 is 0 Å². The first-order valence-corrected chi connectivity index (χ1v) is 12.0. The predicted octanol–water partition coefficient (Wildman–Crippen LogP) is 3.40.